The van der Waals surface area contributed by atoms with Gasteiger partial charge in [0.2, 0.25) is 0 Å². The summed E-state index contributed by atoms with van der Waals surface area (Å²) in [7, 11) is 0. The van der Waals surface area contributed by atoms with Gasteiger partial charge in [0.25, 0.3) is 0 Å². The fourth-order valence-corrected chi connectivity index (χ4v) is 2.22. The summed E-state index contributed by atoms with van der Waals surface area (Å²) < 4.78 is 0. The SMILES string of the molecule is CC=CCC(C(=O)O)c1cccc(-c2ccccc2)c1. The Bertz CT molecular complexity index is 600. The largest absolute Gasteiger partial charge is 0.481 e. The fraction of sp³-hybridized carbons (Fsp3) is 0.167. The van der Waals surface area contributed by atoms with Gasteiger partial charge in [-0.3, -0.25) is 4.79 Å². The second-order valence-corrected chi connectivity index (χ2v) is 4.69. The van der Waals surface area contributed by atoms with E-state index in [2.05, 4.69) is 0 Å². The van der Waals surface area contributed by atoms with E-state index >= 15 is 0 Å². The van der Waals surface area contributed by atoms with Gasteiger partial charge >= 0.3 is 5.97 Å². The van der Waals surface area contributed by atoms with Crippen LogP contribution < -0.4 is 0 Å². The fourth-order valence-electron chi connectivity index (χ4n) is 2.22. The Morgan fingerprint density at radius 2 is 1.80 bits per heavy atom. The van der Waals surface area contributed by atoms with E-state index in [0.29, 0.717) is 6.42 Å². The van der Waals surface area contributed by atoms with E-state index in [0.717, 1.165) is 16.7 Å². The van der Waals surface area contributed by atoms with E-state index in [4.69, 9.17) is 0 Å². The van der Waals surface area contributed by atoms with Crippen molar-refractivity contribution in [3.05, 3.63) is 72.3 Å². The van der Waals surface area contributed by atoms with Gasteiger partial charge in [-0.05, 0) is 30.0 Å². The molecule has 0 aliphatic carbocycles. The zero-order valence-electron chi connectivity index (χ0n) is 11.5. The molecule has 2 rings (SSSR count). The van der Waals surface area contributed by atoms with Crippen molar-refractivity contribution in [1.82, 2.24) is 0 Å². The Balaban J connectivity index is 2.35. The second kappa shape index (κ2) is 6.71. The minimum absolute atomic E-state index is 0.491. The van der Waals surface area contributed by atoms with E-state index in [1.807, 2.05) is 73.7 Å². The number of carboxylic acids is 1. The molecular formula is C18H18O2. The van der Waals surface area contributed by atoms with Gasteiger partial charge in [-0.1, -0.05) is 66.7 Å². The number of allylic oxidation sites excluding steroid dienone is 2. The number of rotatable bonds is 5. The molecule has 2 aromatic carbocycles. The quantitative estimate of drug-likeness (QED) is 0.810. The first-order valence-electron chi connectivity index (χ1n) is 6.71. The summed E-state index contributed by atoms with van der Waals surface area (Å²) >= 11 is 0. The summed E-state index contributed by atoms with van der Waals surface area (Å²) in [6, 6.07) is 17.8. The van der Waals surface area contributed by atoms with E-state index in [1.54, 1.807) is 0 Å². The molecule has 20 heavy (non-hydrogen) atoms. The van der Waals surface area contributed by atoms with E-state index in [9.17, 15) is 9.90 Å². The molecule has 0 amide bonds. The van der Waals surface area contributed by atoms with Crippen molar-refractivity contribution in [2.45, 2.75) is 19.3 Å². The molecule has 2 nitrogen and oxygen atoms in total. The molecule has 0 saturated carbocycles. The van der Waals surface area contributed by atoms with Gasteiger partial charge in [-0.15, -0.1) is 0 Å². The van der Waals surface area contributed by atoms with Crippen LogP contribution in [0, 0.1) is 0 Å². The molecule has 1 atom stereocenters. The van der Waals surface area contributed by atoms with E-state index < -0.39 is 11.9 Å². The van der Waals surface area contributed by atoms with Crippen LogP contribution in [0.5, 0.6) is 0 Å². The van der Waals surface area contributed by atoms with Crippen molar-refractivity contribution in [3.8, 4) is 11.1 Å². The van der Waals surface area contributed by atoms with E-state index in [-0.39, 0.29) is 0 Å². The van der Waals surface area contributed by atoms with Crippen molar-refractivity contribution in [3.63, 3.8) is 0 Å². The number of carbonyl (C=O) groups is 1. The molecule has 0 spiro atoms. The first kappa shape index (κ1) is 14.1. The first-order chi connectivity index (χ1) is 9.72. The highest BCUT2D eigenvalue weighted by Gasteiger charge is 2.18. The number of aliphatic carboxylic acids is 1. The van der Waals surface area contributed by atoms with Gasteiger partial charge in [-0.2, -0.15) is 0 Å². The van der Waals surface area contributed by atoms with Gasteiger partial charge in [-0.25, -0.2) is 0 Å². The summed E-state index contributed by atoms with van der Waals surface area (Å²) in [6.07, 6.45) is 4.30. The van der Waals surface area contributed by atoms with Crippen LogP contribution in [0.15, 0.2) is 66.7 Å². The molecule has 0 aliphatic heterocycles. The van der Waals surface area contributed by atoms with Crippen LogP contribution in [0.2, 0.25) is 0 Å². The van der Waals surface area contributed by atoms with Crippen molar-refractivity contribution >= 4 is 5.97 Å². The Morgan fingerprint density at radius 3 is 2.45 bits per heavy atom. The molecule has 2 aromatic rings. The lowest BCUT2D eigenvalue weighted by Crippen LogP contribution is -2.10. The van der Waals surface area contributed by atoms with Crippen molar-refractivity contribution in [2.24, 2.45) is 0 Å². The molecule has 1 unspecified atom stereocenters. The number of hydrogen-bond acceptors (Lipinski definition) is 1. The molecule has 0 aromatic heterocycles. The van der Waals surface area contributed by atoms with Crippen LogP contribution in [-0.4, -0.2) is 11.1 Å². The Kier molecular flexibility index (Phi) is 4.72. The van der Waals surface area contributed by atoms with Crippen LogP contribution in [0.1, 0.15) is 24.8 Å². The van der Waals surface area contributed by atoms with Crippen LogP contribution >= 0.6 is 0 Å². The molecule has 0 bridgehead atoms. The molecule has 0 radical (unpaired) electrons. The Hall–Kier alpha value is -2.35. The minimum atomic E-state index is -0.784. The predicted octanol–water partition coefficient (Wildman–Crippen LogP) is 4.49. The van der Waals surface area contributed by atoms with Crippen molar-refractivity contribution in [1.29, 1.82) is 0 Å². The van der Waals surface area contributed by atoms with Crippen LogP contribution in [0.25, 0.3) is 11.1 Å². The number of hydrogen-bond donors (Lipinski definition) is 1. The lowest BCUT2D eigenvalue weighted by Gasteiger charge is -2.12. The topological polar surface area (TPSA) is 37.3 Å². The highest BCUT2D eigenvalue weighted by molar-refractivity contribution is 5.77. The molecule has 0 saturated heterocycles. The third kappa shape index (κ3) is 3.35. The molecule has 0 aliphatic rings. The average molecular weight is 266 g/mol. The Morgan fingerprint density at radius 1 is 1.10 bits per heavy atom. The summed E-state index contributed by atoms with van der Waals surface area (Å²) in [6.45, 7) is 1.90. The second-order valence-electron chi connectivity index (χ2n) is 4.69. The summed E-state index contributed by atoms with van der Waals surface area (Å²) in [5, 5.41) is 9.38. The normalized spacial score (nSPS) is 12.4. The van der Waals surface area contributed by atoms with Crippen LogP contribution in [-0.2, 0) is 4.79 Å². The van der Waals surface area contributed by atoms with Crippen molar-refractivity contribution in [2.75, 3.05) is 0 Å². The van der Waals surface area contributed by atoms with Gasteiger partial charge in [0.15, 0.2) is 0 Å². The smallest absolute Gasteiger partial charge is 0.311 e. The lowest BCUT2D eigenvalue weighted by atomic mass is 9.92. The van der Waals surface area contributed by atoms with Gasteiger partial charge < -0.3 is 5.11 Å². The predicted molar refractivity (Wildman–Crippen MR) is 81.7 cm³/mol. The van der Waals surface area contributed by atoms with Crippen molar-refractivity contribution < 1.29 is 9.90 Å². The highest BCUT2D eigenvalue weighted by Crippen LogP contribution is 2.26. The molecule has 1 N–H and O–H groups in total. The van der Waals surface area contributed by atoms with Crippen LogP contribution in [0.3, 0.4) is 0 Å². The molecule has 2 heteroatoms. The van der Waals surface area contributed by atoms with Gasteiger partial charge in [0.05, 0.1) is 5.92 Å². The summed E-state index contributed by atoms with van der Waals surface area (Å²) in [4.78, 5) is 11.4. The van der Waals surface area contributed by atoms with Gasteiger partial charge in [0.1, 0.15) is 0 Å². The van der Waals surface area contributed by atoms with Crippen LogP contribution in [0.4, 0.5) is 0 Å². The maximum absolute atomic E-state index is 11.4. The average Bonchev–Trinajstić information content (AvgIpc) is 2.48. The number of carboxylic acid groups (broad SMARTS) is 1. The molecule has 102 valence electrons. The summed E-state index contributed by atoms with van der Waals surface area (Å²) in [5.74, 6) is -1.27. The zero-order valence-corrected chi connectivity index (χ0v) is 11.5. The molecular weight excluding hydrogens is 248 g/mol. The van der Waals surface area contributed by atoms with Gasteiger partial charge in [0, 0.05) is 0 Å². The standard InChI is InChI=1S/C18H18O2/c1-2-3-12-17(18(19)20)16-11-7-10-15(13-16)14-8-5-4-6-9-14/h2-11,13,17H,12H2,1H3,(H,19,20). The van der Waals surface area contributed by atoms with E-state index in [1.165, 1.54) is 0 Å². The maximum atomic E-state index is 11.4. The lowest BCUT2D eigenvalue weighted by molar-refractivity contribution is -0.138. The third-order valence-corrected chi connectivity index (χ3v) is 3.30. The molecule has 0 fully saturated rings. The zero-order chi connectivity index (χ0) is 14.4. The highest BCUT2D eigenvalue weighted by atomic mass is 16.4. The third-order valence-electron chi connectivity index (χ3n) is 3.30. The first-order valence-corrected chi connectivity index (χ1v) is 6.71. The minimum Gasteiger partial charge on any atom is -0.481 e. The number of benzene rings is 2. The summed E-state index contributed by atoms with van der Waals surface area (Å²) in [5.41, 5.74) is 3.00. The maximum Gasteiger partial charge on any atom is 0.311 e. The monoisotopic (exact) mass is 266 g/mol. The Labute approximate surface area is 119 Å². The molecule has 0 heterocycles.